The van der Waals surface area contributed by atoms with Crippen LogP contribution in [0.5, 0.6) is 0 Å². The van der Waals surface area contributed by atoms with E-state index in [1.165, 1.54) is 26.4 Å². The van der Waals surface area contributed by atoms with Gasteiger partial charge in [0.1, 0.15) is 18.1 Å². The number of carboxylic acids is 1. The molecule has 0 bridgehead atoms. The SMILES string of the molecule is CC(N)C(=O)NC(C(=O)NC(Cc1cnc[nH]1)C(=O)NC(Cc1ccccc1)C(=O)O)C(C)O. The number of carbonyl (C=O) groups excluding carboxylic acids is 3. The summed E-state index contributed by atoms with van der Waals surface area (Å²) in [6, 6.07) is 3.99. The number of nitrogens with two attached hydrogens (primary N) is 1. The van der Waals surface area contributed by atoms with Crippen LogP contribution in [0.15, 0.2) is 42.9 Å². The molecule has 1 heterocycles. The van der Waals surface area contributed by atoms with Crippen LogP contribution in [0.1, 0.15) is 25.1 Å². The lowest BCUT2D eigenvalue weighted by molar-refractivity contribution is -0.142. The summed E-state index contributed by atoms with van der Waals surface area (Å²) in [6.45, 7) is 2.72. The third kappa shape index (κ3) is 7.98. The Morgan fingerprint density at radius 2 is 1.62 bits per heavy atom. The Morgan fingerprint density at radius 3 is 2.15 bits per heavy atom. The van der Waals surface area contributed by atoms with E-state index in [-0.39, 0.29) is 12.8 Å². The van der Waals surface area contributed by atoms with Crippen LogP contribution in [0, 0.1) is 0 Å². The number of nitrogens with one attached hydrogen (secondary N) is 4. The number of aliphatic carboxylic acids is 1. The largest absolute Gasteiger partial charge is 0.480 e. The van der Waals surface area contributed by atoms with Crippen LogP contribution in [-0.2, 0) is 32.0 Å². The second-order valence-electron chi connectivity index (χ2n) is 7.95. The van der Waals surface area contributed by atoms with Gasteiger partial charge in [-0.1, -0.05) is 30.3 Å². The number of aliphatic hydroxyl groups excluding tert-OH is 1. The van der Waals surface area contributed by atoms with Gasteiger partial charge in [0.25, 0.3) is 0 Å². The van der Waals surface area contributed by atoms with Crippen molar-refractivity contribution in [2.75, 3.05) is 0 Å². The Hall–Kier alpha value is -3.77. The van der Waals surface area contributed by atoms with Crippen LogP contribution in [0.4, 0.5) is 0 Å². The van der Waals surface area contributed by atoms with Crippen molar-refractivity contribution in [3.63, 3.8) is 0 Å². The minimum absolute atomic E-state index is 0.0351. The number of imidazole rings is 1. The normalized spacial score (nSPS) is 15.3. The molecule has 0 fully saturated rings. The summed E-state index contributed by atoms with van der Waals surface area (Å²) < 4.78 is 0. The van der Waals surface area contributed by atoms with Gasteiger partial charge in [-0.2, -0.15) is 0 Å². The number of benzene rings is 1. The van der Waals surface area contributed by atoms with Crippen molar-refractivity contribution in [3.05, 3.63) is 54.1 Å². The molecule has 2 rings (SSSR count). The number of aromatic amines is 1. The highest BCUT2D eigenvalue weighted by atomic mass is 16.4. The molecule has 1 aromatic carbocycles. The summed E-state index contributed by atoms with van der Waals surface area (Å²) in [6.07, 6.45) is 1.55. The number of aliphatic hydroxyl groups is 1. The number of amides is 3. The minimum Gasteiger partial charge on any atom is -0.480 e. The van der Waals surface area contributed by atoms with E-state index in [1.54, 1.807) is 30.3 Å². The maximum absolute atomic E-state index is 13.0. The van der Waals surface area contributed by atoms with E-state index in [0.29, 0.717) is 11.3 Å². The molecule has 3 amide bonds. The predicted octanol–water partition coefficient (Wildman–Crippen LogP) is -1.54. The number of hydrogen-bond donors (Lipinski definition) is 7. The Kier molecular flexibility index (Phi) is 9.71. The zero-order valence-corrected chi connectivity index (χ0v) is 18.9. The van der Waals surface area contributed by atoms with Crippen molar-refractivity contribution in [1.29, 1.82) is 0 Å². The lowest BCUT2D eigenvalue weighted by Crippen LogP contribution is -2.60. The number of carbonyl (C=O) groups is 4. The van der Waals surface area contributed by atoms with E-state index in [1.807, 2.05) is 0 Å². The van der Waals surface area contributed by atoms with Crippen LogP contribution in [0.25, 0.3) is 0 Å². The predicted molar refractivity (Wildman–Crippen MR) is 121 cm³/mol. The van der Waals surface area contributed by atoms with Crippen LogP contribution < -0.4 is 21.7 Å². The zero-order chi connectivity index (χ0) is 25.3. The molecule has 0 aliphatic carbocycles. The Balaban J connectivity index is 2.19. The number of aromatic nitrogens is 2. The highest BCUT2D eigenvalue weighted by molar-refractivity contribution is 5.94. The van der Waals surface area contributed by atoms with E-state index < -0.39 is 54.0 Å². The number of H-pyrrole nitrogens is 1. The average Bonchev–Trinajstić information content (AvgIpc) is 3.29. The van der Waals surface area contributed by atoms with Crippen molar-refractivity contribution >= 4 is 23.7 Å². The van der Waals surface area contributed by atoms with E-state index in [0.717, 1.165) is 0 Å². The minimum atomic E-state index is -1.38. The molecule has 12 nitrogen and oxygen atoms in total. The van der Waals surface area contributed by atoms with E-state index in [9.17, 15) is 29.4 Å². The monoisotopic (exact) mass is 474 g/mol. The molecular formula is C22H30N6O6. The smallest absolute Gasteiger partial charge is 0.326 e. The first-order chi connectivity index (χ1) is 16.1. The van der Waals surface area contributed by atoms with Gasteiger partial charge in [-0.3, -0.25) is 14.4 Å². The number of nitrogens with zero attached hydrogens (tertiary/aromatic N) is 1. The standard InChI is InChI=1S/C22H30N6O6/c1-12(23)19(30)28-18(13(2)29)21(32)26-16(9-15-10-24-11-25-15)20(31)27-17(22(33)34)8-14-6-4-3-5-7-14/h3-7,10-13,16-18,29H,8-9,23H2,1-2H3,(H,24,25)(H,26,32)(H,27,31)(H,28,30)(H,33,34). The van der Waals surface area contributed by atoms with Crippen molar-refractivity contribution < 1.29 is 29.4 Å². The van der Waals surface area contributed by atoms with E-state index in [2.05, 4.69) is 25.9 Å². The van der Waals surface area contributed by atoms with E-state index in [4.69, 9.17) is 5.73 Å². The van der Waals surface area contributed by atoms with Crippen LogP contribution in [0.2, 0.25) is 0 Å². The summed E-state index contributed by atoms with van der Waals surface area (Å²) in [7, 11) is 0. The maximum Gasteiger partial charge on any atom is 0.326 e. The molecule has 0 aliphatic rings. The molecule has 2 aromatic rings. The van der Waals surface area contributed by atoms with Gasteiger partial charge in [0, 0.05) is 24.7 Å². The van der Waals surface area contributed by atoms with Crippen LogP contribution in [0.3, 0.4) is 0 Å². The van der Waals surface area contributed by atoms with Gasteiger partial charge in [-0.15, -0.1) is 0 Å². The summed E-state index contributed by atoms with van der Waals surface area (Å²) in [5, 5.41) is 26.9. The van der Waals surface area contributed by atoms with Gasteiger partial charge in [-0.05, 0) is 19.4 Å². The average molecular weight is 475 g/mol. The molecule has 34 heavy (non-hydrogen) atoms. The van der Waals surface area contributed by atoms with Crippen molar-refractivity contribution in [3.8, 4) is 0 Å². The third-order valence-electron chi connectivity index (χ3n) is 4.99. The highest BCUT2D eigenvalue weighted by Gasteiger charge is 2.32. The molecule has 5 unspecified atom stereocenters. The fraction of sp³-hybridized carbons (Fsp3) is 0.409. The molecular weight excluding hydrogens is 444 g/mol. The second kappa shape index (κ2) is 12.5. The van der Waals surface area contributed by atoms with Crippen LogP contribution in [-0.4, -0.2) is 74.1 Å². The quantitative estimate of drug-likeness (QED) is 0.192. The topological polar surface area (TPSA) is 200 Å². The molecule has 184 valence electrons. The molecule has 0 saturated heterocycles. The number of carboxylic acid groups (broad SMARTS) is 1. The fourth-order valence-electron chi connectivity index (χ4n) is 3.10. The highest BCUT2D eigenvalue weighted by Crippen LogP contribution is 2.06. The van der Waals surface area contributed by atoms with Gasteiger partial charge < -0.3 is 36.9 Å². The Morgan fingerprint density at radius 1 is 0.971 bits per heavy atom. The zero-order valence-electron chi connectivity index (χ0n) is 18.9. The second-order valence-corrected chi connectivity index (χ2v) is 7.95. The van der Waals surface area contributed by atoms with E-state index >= 15 is 0 Å². The Labute approximate surface area is 196 Å². The van der Waals surface area contributed by atoms with Crippen molar-refractivity contribution in [2.45, 2.75) is 57.0 Å². The molecule has 1 aromatic heterocycles. The van der Waals surface area contributed by atoms with Crippen molar-refractivity contribution in [1.82, 2.24) is 25.9 Å². The molecule has 0 spiro atoms. The van der Waals surface area contributed by atoms with Gasteiger partial charge in [0.2, 0.25) is 17.7 Å². The number of rotatable bonds is 12. The molecule has 0 aliphatic heterocycles. The lowest BCUT2D eigenvalue weighted by atomic mass is 10.0. The van der Waals surface area contributed by atoms with Crippen molar-refractivity contribution in [2.24, 2.45) is 5.73 Å². The maximum atomic E-state index is 13.0. The summed E-state index contributed by atoms with van der Waals surface area (Å²) >= 11 is 0. The third-order valence-corrected chi connectivity index (χ3v) is 4.99. The van der Waals surface area contributed by atoms with Gasteiger partial charge in [0.15, 0.2) is 0 Å². The first-order valence-electron chi connectivity index (χ1n) is 10.7. The lowest BCUT2D eigenvalue weighted by Gasteiger charge is -2.26. The summed E-state index contributed by atoms with van der Waals surface area (Å²) in [5.41, 5.74) is 6.72. The fourth-order valence-corrected chi connectivity index (χ4v) is 3.10. The summed E-state index contributed by atoms with van der Waals surface area (Å²) in [5.74, 6) is -3.49. The molecule has 8 N–H and O–H groups in total. The summed E-state index contributed by atoms with van der Waals surface area (Å²) in [4.78, 5) is 56.3. The van der Waals surface area contributed by atoms with Gasteiger partial charge >= 0.3 is 5.97 Å². The van der Waals surface area contributed by atoms with Crippen LogP contribution >= 0.6 is 0 Å². The first kappa shape index (κ1) is 26.5. The molecule has 0 saturated carbocycles. The van der Waals surface area contributed by atoms with Gasteiger partial charge in [-0.25, -0.2) is 9.78 Å². The number of hydrogen-bond acceptors (Lipinski definition) is 7. The molecule has 12 heteroatoms. The molecule has 0 radical (unpaired) electrons. The first-order valence-corrected chi connectivity index (χ1v) is 10.7. The molecule has 5 atom stereocenters. The Bertz CT molecular complexity index is 964. The van der Waals surface area contributed by atoms with Gasteiger partial charge in [0.05, 0.1) is 18.5 Å².